The molecule has 144 valence electrons. The molecule has 6 heteroatoms. The summed E-state index contributed by atoms with van der Waals surface area (Å²) in [6.45, 7) is 4.31. The predicted octanol–water partition coefficient (Wildman–Crippen LogP) is 5.33. The van der Waals surface area contributed by atoms with E-state index in [1.807, 2.05) is 24.4 Å². The minimum Gasteiger partial charge on any atom is -0.344 e. The third-order valence-electron chi connectivity index (χ3n) is 4.95. The summed E-state index contributed by atoms with van der Waals surface area (Å²) in [5.74, 6) is -0.325. The van der Waals surface area contributed by atoms with Crippen LogP contribution in [0, 0.1) is 11.3 Å². The van der Waals surface area contributed by atoms with Crippen molar-refractivity contribution in [1.82, 2.24) is 9.47 Å². The van der Waals surface area contributed by atoms with Crippen LogP contribution in [0.1, 0.15) is 36.6 Å². The van der Waals surface area contributed by atoms with Crippen molar-refractivity contribution in [2.75, 3.05) is 0 Å². The van der Waals surface area contributed by atoms with Crippen LogP contribution in [0.25, 0.3) is 17.0 Å². The van der Waals surface area contributed by atoms with E-state index in [2.05, 4.69) is 30.6 Å². The summed E-state index contributed by atoms with van der Waals surface area (Å²) >= 11 is 0.942. The highest BCUT2D eigenvalue weighted by Crippen LogP contribution is 2.35. The molecule has 0 unspecified atom stereocenters. The van der Waals surface area contributed by atoms with Gasteiger partial charge in [0.15, 0.2) is 0 Å². The van der Waals surface area contributed by atoms with Crippen LogP contribution in [0.2, 0.25) is 0 Å². The SMILES string of the molecule is CC(C)n1cc(/C=C2/SC(=O)N(Cc3ccccc3C#N)C2=O)c2ccccc21. The molecule has 5 nitrogen and oxygen atoms in total. The molecule has 0 bridgehead atoms. The number of fused-ring (bicyclic) bond motifs is 1. The second-order valence-corrected chi connectivity index (χ2v) is 8.13. The third-order valence-corrected chi connectivity index (χ3v) is 5.86. The van der Waals surface area contributed by atoms with Gasteiger partial charge in [-0.05, 0) is 49.4 Å². The molecule has 0 spiro atoms. The van der Waals surface area contributed by atoms with Crippen molar-refractivity contribution < 1.29 is 9.59 Å². The molecule has 0 atom stereocenters. The summed E-state index contributed by atoms with van der Waals surface area (Å²) < 4.78 is 2.16. The summed E-state index contributed by atoms with van der Waals surface area (Å²) in [4.78, 5) is 27.0. The molecule has 29 heavy (non-hydrogen) atoms. The maximum atomic E-state index is 12.9. The Morgan fingerprint density at radius 3 is 2.59 bits per heavy atom. The number of hydrogen-bond acceptors (Lipinski definition) is 4. The number of rotatable bonds is 4. The standard InChI is InChI=1S/C23H19N3O2S/c1-15(2)25-14-18(19-9-5-6-10-20(19)25)11-21-22(27)26(23(28)29-21)13-17-8-4-3-7-16(17)12-24/h3-11,14-15H,13H2,1-2H3/b21-11+. The van der Waals surface area contributed by atoms with Crippen LogP contribution in [0.3, 0.4) is 0 Å². The van der Waals surface area contributed by atoms with Gasteiger partial charge in [0.25, 0.3) is 11.1 Å². The van der Waals surface area contributed by atoms with Gasteiger partial charge in [0, 0.05) is 28.7 Å². The number of hydrogen-bond donors (Lipinski definition) is 0. The van der Waals surface area contributed by atoms with Crippen LogP contribution in [0.5, 0.6) is 0 Å². The lowest BCUT2D eigenvalue weighted by atomic mass is 10.1. The molecule has 0 aliphatic carbocycles. The third kappa shape index (κ3) is 3.45. The first-order chi connectivity index (χ1) is 14.0. The monoisotopic (exact) mass is 401 g/mol. The van der Waals surface area contributed by atoms with Gasteiger partial charge in [-0.2, -0.15) is 5.26 Å². The number of thioether (sulfide) groups is 1. The van der Waals surface area contributed by atoms with E-state index in [-0.39, 0.29) is 23.7 Å². The number of benzene rings is 2. The molecule has 0 N–H and O–H groups in total. The van der Waals surface area contributed by atoms with Crippen molar-refractivity contribution in [1.29, 1.82) is 5.26 Å². The van der Waals surface area contributed by atoms with Crippen molar-refractivity contribution in [2.45, 2.75) is 26.4 Å². The maximum absolute atomic E-state index is 12.9. The molecule has 0 radical (unpaired) electrons. The molecule has 2 heterocycles. The molecule has 4 rings (SSSR count). The molecule has 0 saturated carbocycles. The predicted molar refractivity (Wildman–Crippen MR) is 115 cm³/mol. The molecular weight excluding hydrogens is 382 g/mol. The number of amides is 2. The second-order valence-electron chi connectivity index (χ2n) is 7.14. The van der Waals surface area contributed by atoms with Gasteiger partial charge < -0.3 is 4.57 Å². The first kappa shape index (κ1) is 19.0. The van der Waals surface area contributed by atoms with Gasteiger partial charge in [0.2, 0.25) is 0 Å². The van der Waals surface area contributed by atoms with Crippen molar-refractivity contribution in [3.05, 3.63) is 76.3 Å². The summed E-state index contributed by atoms with van der Waals surface area (Å²) in [5.41, 5.74) is 3.14. The zero-order valence-corrected chi connectivity index (χ0v) is 16.9. The lowest BCUT2D eigenvalue weighted by molar-refractivity contribution is -0.123. The van der Waals surface area contributed by atoms with Gasteiger partial charge in [0.05, 0.1) is 23.1 Å². The van der Waals surface area contributed by atoms with Crippen molar-refractivity contribution in [2.24, 2.45) is 0 Å². The Morgan fingerprint density at radius 1 is 1.10 bits per heavy atom. The zero-order chi connectivity index (χ0) is 20.5. The number of carbonyl (C=O) groups excluding carboxylic acids is 2. The summed E-state index contributed by atoms with van der Waals surface area (Å²) in [7, 11) is 0. The van der Waals surface area contributed by atoms with Crippen LogP contribution in [0.15, 0.2) is 59.6 Å². The van der Waals surface area contributed by atoms with Gasteiger partial charge in [-0.1, -0.05) is 36.4 Å². The van der Waals surface area contributed by atoms with Gasteiger partial charge >= 0.3 is 0 Å². The Labute approximate surface area is 173 Å². The van der Waals surface area contributed by atoms with Crippen molar-refractivity contribution in [3.63, 3.8) is 0 Å². The van der Waals surface area contributed by atoms with E-state index in [1.54, 1.807) is 30.3 Å². The fraction of sp³-hybridized carbons (Fsp3) is 0.174. The van der Waals surface area contributed by atoms with E-state index in [4.69, 9.17) is 0 Å². The van der Waals surface area contributed by atoms with E-state index in [1.165, 1.54) is 4.90 Å². The fourth-order valence-electron chi connectivity index (χ4n) is 3.49. The highest BCUT2D eigenvalue weighted by molar-refractivity contribution is 8.18. The molecule has 2 amide bonds. The van der Waals surface area contributed by atoms with Crippen LogP contribution >= 0.6 is 11.8 Å². The topological polar surface area (TPSA) is 66.1 Å². The average Bonchev–Trinajstić information content (AvgIpc) is 3.21. The maximum Gasteiger partial charge on any atom is 0.293 e. The molecule has 2 aromatic carbocycles. The first-order valence-corrected chi connectivity index (χ1v) is 10.1. The number of imide groups is 1. The normalized spacial score (nSPS) is 15.7. The van der Waals surface area contributed by atoms with Gasteiger partial charge in [-0.25, -0.2) is 0 Å². The number of carbonyl (C=O) groups is 2. The first-order valence-electron chi connectivity index (χ1n) is 9.32. The molecule has 1 aliphatic heterocycles. The largest absolute Gasteiger partial charge is 0.344 e. The van der Waals surface area contributed by atoms with E-state index in [0.717, 1.165) is 28.2 Å². The number of nitrogens with zero attached hydrogens (tertiary/aromatic N) is 3. The van der Waals surface area contributed by atoms with Crippen molar-refractivity contribution in [3.8, 4) is 6.07 Å². The lowest BCUT2D eigenvalue weighted by Crippen LogP contribution is -2.27. The van der Waals surface area contributed by atoms with Crippen LogP contribution in [0.4, 0.5) is 4.79 Å². The molecule has 1 fully saturated rings. The van der Waals surface area contributed by atoms with Crippen LogP contribution in [-0.2, 0) is 11.3 Å². The Morgan fingerprint density at radius 2 is 1.83 bits per heavy atom. The summed E-state index contributed by atoms with van der Waals surface area (Å²) in [6.07, 6.45) is 3.82. The van der Waals surface area contributed by atoms with Gasteiger partial charge in [0.1, 0.15) is 0 Å². The average molecular weight is 401 g/mol. The van der Waals surface area contributed by atoms with Crippen molar-refractivity contribution >= 4 is 39.9 Å². The van der Waals surface area contributed by atoms with E-state index in [9.17, 15) is 14.9 Å². The number of aromatic nitrogens is 1. The molecule has 3 aromatic rings. The molecular formula is C23H19N3O2S. The highest BCUT2D eigenvalue weighted by Gasteiger charge is 2.35. The zero-order valence-electron chi connectivity index (χ0n) is 16.1. The Bertz CT molecular complexity index is 1200. The van der Waals surface area contributed by atoms with Crippen LogP contribution in [-0.4, -0.2) is 20.6 Å². The minimum absolute atomic E-state index is 0.0967. The minimum atomic E-state index is -0.325. The molecule has 1 aromatic heterocycles. The fourth-order valence-corrected chi connectivity index (χ4v) is 4.32. The van der Waals surface area contributed by atoms with E-state index in [0.29, 0.717) is 16.0 Å². The summed E-state index contributed by atoms with van der Waals surface area (Å²) in [5, 5.41) is 9.99. The lowest BCUT2D eigenvalue weighted by Gasteiger charge is -2.13. The quantitative estimate of drug-likeness (QED) is 0.554. The Hall–Kier alpha value is -3.30. The second kappa shape index (κ2) is 7.61. The number of nitriles is 1. The molecule has 1 saturated heterocycles. The molecule has 1 aliphatic rings. The number of para-hydroxylation sites is 1. The van der Waals surface area contributed by atoms with Gasteiger partial charge in [-0.3, -0.25) is 14.5 Å². The van der Waals surface area contributed by atoms with E-state index < -0.39 is 0 Å². The van der Waals surface area contributed by atoms with Gasteiger partial charge in [-0.15, -0.1) is 0 Å². The highest BCUT2D eigenvalue weighted by atomic mass is 32.2. The Balaban J connectivity index is 1.68. The Kier molecular flexibility index (Phi) is 4.99. The van der Waals surface area contributed by atoms with Crippen LogP contribution < -0.4 is 0 Å². The summed E-state index contributed by atoms with van der Waals surface area (Å²) in [6, 6.07) is 17.4. The van der Waals surface area contributed by atoms with E-state index >= 15 is 0 Å². The smallest absolute Gasteiger partial charge is 0.293 e.